The third-order valence-electron chi connectivity index (χ3n) is 6.59. The number of anilines is 3. The summed E-state index contributed by atoms with van der Waals surface area (Å²) in [7, 11) is 2.18. The highest BCUT2D eigenvalue weighted by atomic mass is 15.4. The molecule has 3 atom stereocenters. The summed E-state index contributed by atoms with van der Waals surface area (Å²) in [5.74, 6) is 2.88. The summed E-state index contributed by atoms with van der Waals surface area (Å²) in [6.07, 6.45) is 3.42. The molecule has 0 radical (unpaired) electrons. The molecule has 0 N–H and O–H groups in total. The molecule has 2 unspecified atom stereocenters. The van der Waals surface area contributed by atoms with Crippen LogP contribution in [0.2, 0.25) is 0 Å². The van der Waals surface area contributed by atoms with Crippen molar-refractivity contribution in [2.24, 2.45) is 5.92 Å². The molecule has 2 aliphatic heterocycles. The van der Waals surface area contributed by atoms with E-state index in [1.165, 1.54) is 16.8 Å². The number of benzene rings is 2. The second-order valence-electron chi connectivity index (χ2n) is 8.03. The largest absolute Gasteiger partial charge is 0.349 e. The summed E-state index contributed by atoms with van der Waals surface area (Å²) in [4.78, 5) is 14.6. The Morgan fingerprint density at radius 3 is 2.54 bits per heavy atom. The van der Waals surface area contributed by atoms with Crippen molar-refractivity contribution in [1.82, 2.24) is 9.97 Å². The molecule has 5 rings (SSSR count). The molecule has 142 valence electrons. The number of para-hydroxylation sites is 1. The fourth-order valence-corrected chi connectivity index (χ4v) is 5.07. The van der Waals surface area contributed by atoms with Gasteiger partial charge in [0.1, 0.15) is 11.9 Å². The van der Waals surface area contributed by atoms with Gasteiger partial charge in [0.05, 0.1) is 6.20 Å². The Kier molecular flexibility index (Phi) is 3.90. The fourth-order valence-electron chi connectivity index (χ4n) is 5.07. The smallest absolute Gasteiger partial charge is 0.162 e. The molecule has 3 heterocycles. The van der Waals surface area contributed by atoms with Crippen molar-refractivity contribution in [3.05, 3.63) is 65.9 Å². The molecule has 1 aromatic heterocycles. The van der Waals surface area contributed by atoms with Crippen LogP contribution in [-0.2, 0) is 0 Å². The molecule has 28 heavy (non-hydrogen) atoms. The van der Waals surface area contributed by atoms with Gasteiger partial charge < -0.3 is 9.80 Å². The second-order valence-corrected chi connectivity index (χ2v) is 8.03. The summed E-state index contributed by atoms with van der Waals surface area (Å²) in [5.41, 5.74) is 6.11. The van der Waals surface area contributed by atoms with E-state index >= 15 is 0 Å². The van der Waals surface area contributed by atoms with Crippen molar-refractivity contribution in [2.75, 3.05) is 16.8 Å². The van der Waals surface area contributed by atoms with Crippen molar-refractivity contribution >= 4 is 17.2 Å². The zero-order valence-corrected chi connectivity index (χ0v) is 16.9. The Morgan fingerprint density at radius 2 is 1.75 bits per heavy atom. The van der Waals surface area contributed by atoms with Crippen LogP contribution in [-0.4, -0.2) is 23.2 Å². The number of aromatic nitrogens is 2. The van der Waals surface area contributed by atoms with Gasteiger partial charge in [0.2, 0.25) is 0 Å². The maximum atomic E-state index is 5.08. The van der Waals surface area contributed by atoms with E-state index in [1.807, 2.05) is 6.20 Å². The lowest BCUT2D eigenvalue weighted by molar-refractivity contribution is 0.339. The second kappa shape index (κ2) is 6.33. The molecule has 0 saturated heterocycles. The predicted molar refractivity (Wildman–Crippen MR) is 115 cm³/mol. The van der Waals surface area contributed by atoms with Crippen molar-refractivity contribution in [2.45, 2.75) is 39.3 Å². The van der Waals surface area contributed by atoms with Crippen molar-refractivity contribution in [3.63, 3.8) is 0 Å². The van der Waals surface area contributed by atoms with Crippen LogP contribution in [0.25, 0.3) is 11.4 Å². The van der Waals surface area contributed by atoms with Crippen LogP contribution in [0.1, 0.15) is 37.3 Å². The third kappa shape index (κ3) is 2.30. The Balaban J connectivity index is 1.71. The highest BCUT2D eigenvalue weighted by Crippen LogP contribution is 2.53. The summed E-state index contributed by atoms with van der Waals surface area (Å²) < 4.78 is 0. The van der Waals surface area contributed by atoms with Gasteiger partial charge in [0, 0.05) is 24.2 Å². The monoisotopic (exact) mass is 370 g/mol. The Hall–Kier alpha value is -2.88. The van der Waals surface area contributed by atoms with E-state index in [1.54, 1.807) is 0 Å². The minimum absolute atomic E-state index is 0.284. The fraction of sp³-hybridized carbons (Fsp3) is 0.333. The van der Waals surface area contributed by atoms with Crippen LogP contribution in [0.3, 0.4) is 0 Å². The average molecular weight is 371 g/mol. The molecule has 2 aromatic carbocycles. The first-order valence-corrected chi connectivity index (χ1v) is 10.2. The summed E-state index contributed by atoms with van der Waals surface area (Å²) in [6, 6.07) is 17.1. The van der Waals surface area contributed by atoms with Crippen molar-refractivity contribution in [1.29, 1.82) is 0 Å². The molecule has 0 fully saturated rings. The molecule has 0 amide bonds. The SMILES string of the molecule is CCC1C2N(C)c3cnc(-c4ccccc4C)nc3N2c2ccccc2[C@H]1C. The van der Waals surface area contributed by atoms with E-state index in [2.05, 4.69) is 86.1 Å². The predicted octanol–water partition coefficient (Wildman–Crippen LogP) is 5.51. The maximum Gasteiger partial charge on any atom is 0.162 e. The van der Waals surface area contributed by atoms with Crippen LogP contribution < -0.4 is 9.80 Å². The van der Waals surface area contributed by atoms with Gasteiger partial charge in [-0.3, -0.25) is 0 Å². The molecule has 3 aromatic rings. The molecular weight excluding hydrogens is 344 g/mol. The van der Waals surface area contributed by atoms with Gasteiger partial charge in [0.15, 0.2) is 11.6 Å². The first-order chi connectivity index (χ1) is 13.6. The van der Waals surface area contributed by atoms with Crippen LogP contribution in [0, 0.1) is 12.8 Å². The molecule has 4 nitrogen and oxygen atoms in total. The first-order valence-electron chi connectivity index (χ1n) is 10.2. The van der Waals surface area contributed by atoms with E-state index in [-0.39, 0.29) is 6.17 Å². The van der Waals surface area contributed by atoms with Crippen LogP contribution in [0.4, 0.5) is 17.2 Å². The van der Waals surface area contributed by atoms with E-state index < -0.39 is 0 Å². The summed E-state index contributed by atoms with van der Waals surface area (Å²) >= 11 is 0. The topological polar surface area (TPSA) is 32.3 Å². The molecule has 0 spiro atoms. The Bertz CT molecular complexity index is 1040. The lowest BCUT2D eigenvalue weighted by Gasteiger charge is -2.44. The third-order valence-corrected chi connectivity index (χ3v) is 6.59. The number of hydrogen-bond acceptors (Lipinski definition) is 4. The van der Waals surface area contributed by atoms with Gasteiger partial charge >= 0.3 is 0 Å². The normalized spacial score (nSPS) is 22.6. The molecule has 4 heteroatoms. The standard InChI is InChI=1S/C24H26N4/c1-5-17-16(3)19-12-8-9-13-20(19)28-23-21(27(4)24(17)28)14-25-22(26-23)18-11-7-6-10-15(18)2/h6-14,16-17,24H,5H2,1-4H3/t16-,17?,24?/m0/s1. The minimum atomic E-state index is 0.284. The molecule has 0 bridgehead atoms. The van der Waals surface area contributed by atoms with E-state index in [0.717, 1.165) is 29.3 Å². The molecular formula is C24H26N4. The van der Waals surface area contributed by atoms with E-state index in [4.69, 9.17) is 9.97 Å². The molecule has 2 aliphatic rings. The van der Waals surface area contributed by atoms with Crippen LogP contribution in [0.15, 0.2) is 54.7 Å². The molecule has 0 saturated carbocycles. The highest BCUT2D eigenvalue weighted by molar-refractivity contribution is 5.84. The van der Waals surface area contributed by atoms with Crippen LogP contribution in [0.5, 0.6) is 0 Å². The van der Waals surface area contributed by atoms with Crippen molar-refractivity contribution in [3.8, 4) is 11.4 Å². The van der Waals surface area contributed by atoms with Gasteiger partial charge in [-0.25, -0.2) is 9.97 Å². The number of hydrogen-bond donors (Lipinski definition) is 0. The lowest BCUT2D eigenvalue weighted by atomic mass is 9.79. The number of aryl methyl sites for hydroxylation is 1. The quantitative estimate of drug-likeness (QED) is 0.595. The van der Waals surface area contributed by atoms with Gasteiger partial charge in [-0.1, -0.05) is 56.3 Å². The Morgan fingerprint density at radius 1 is 1.00 bits per heavy atom. The first kappa shape index (κ1) is 17.2. The molecule has 0 aliphatic carbocycles. The van der Waals surface area contributed by atoms with Gasteiger partial charge in [-0.2, -0.15) is 0 Å². The number of rotatable bonds is 2. The van der Waals surface area contributed by atoms with Gasteiger partial charge in [-0.15, -0.1) is 0 Å². The lowest BCUT2D eigenvalue weighted by Crippen LogP contribution is -2.49. The summed E-state index contributed by atoms with van der Waals surface area (Å²) in [5, 5.41) is 0. The highest BCUT2D eigenvalue weighted by Gasteiger charge is 2.47. The Labute approximate surface area is 166 Å². The number of fused-ring (bicyclic) bond motifs is 5. The summed E-state index contributed by atoms with van der Waals surface area (Å²) in [6.45, 7) is 6.78. The minimum Gasteiger partial charge on any atom is -0.349 e. The van der Waals surface area contributed by atoms with E-state index in [0.29, 0.717) is 11.8 Å². The maximum absolute atomic E-state index is 5.08. The van der Waals surface area contributed by atoms with Gasteiger partial charge in [0.25, 0.3) is 0 Å². The zero-order chi connectivity index (χ0) is 19.4. The van der Waals surface area contributed by atoms with Crippen molar-refractivity contribution < 1.29 is 0 Å². The van der Waals surface area contributed by atoms with Crippen LogP contribution >= 0.6 is 0 Å². The van der Waals surface area contributed by atoms with E-state index in [9.17, 15) is 0 Å². The average Bonchev–Trinajstić information content (AvgIpc) is 3.01. The van der Waals surface area contributed by atoms with Gasteiger partial charge in [-0.05, 0) is 36.5 Å². The zero-order valence-electron chi connectivity index (χ0n) is 16.9. The number of nitrogens with zero attached hydrogens (tertiary/aromatic N) is 4.